The molecule has 2 aliphatic rings. The quantitative estimate of drug-likeness (QED) is 0.0488. The Hall–Kier alpha value is -3.96. The second-order valence-electron chi connectivity index (χ2n) is 10.00. The molecule has 0 radical (unpaired) electrons. The highest BCUT2D eigenvalue weighted by Crippen LogP contribution is 2.35. The van der Waals surface area contributed by atoms with Gasteiger partial charge < -0.3 is 55.1 Å². The van der Waals surface area contributed by atoms with Gasteiger partial charge in [0.15, 0.2) is 25.4 Å². The Bertz CT molecular complexity index is 1310. The standard InChI is InChI=1S/C26H33BFN3O11/c1-14(33)20(34)19-17(11-31(23(19)36)21(22(35)29-2)26(39,40)25(27,38)13-32)24(37)42-12-16-4-3-15(9-18(16)28)10-30-5-7-41-8-6-30/h3-4,9,13,21,33-34,37-40H,1,5-8,10-12,27H2,2H3,(H,29,35)/b20-19-,24-17+. The topological polar surface area (TPSA) is 210 Å². The lowest BCUT2D eigenvalue weighted by Gasteiger charge is -2.41. The van der Waals surface area contributed by atoms with Gasteiger partial charge in [-0.2, -0.15) is 0 Å². The number of hydrogen-bond acceptors (Lipinski definition) is 12. The highest BCUT2D eigenvalue weighted by molar-refractivity contribution is 6.24. The van der Waals surface area contributed by atoms with Crippen molar-refractivity contribution in [2.75, 3.05) is 39.9 Å². The number of carbonyl (C=O) groups excluding carboxylic acids is 3. The van der Waals surface area contributed by atoms with Gasteiger partial charge in [0.05, 0.1) is 30.9 Å². The molecule has 0 aliphatic carbocycles. The molecule has 0 aromatic heterocycles. The number of morpholine rings is 1. The van der Waals surface area contributed by atoms with Crippen LogP contribution in [0.25, 0.3) is 0 Å². The van der Waals surface area contributed by atoms with E-state index in [-0.39, 0.29) is 11.8 Å². The maximum atomic E-state index is 14.8. The molecule has 0 saturated carbocycles. The number of aliphatic hydroxyl groups excluding tert-OH is 3. The molecule has 2 saturated heterocycles. The third kappa shape index (κ3) is 6.58. The van der Waals surface area contributed by atoms with Gasteiger partial charge in [-0.1, -0.05) is 18.7 Å². The SMILES string of the molecule is BC(O)(C=O)C(O)(O)C(C(=O)NC)N1CC(=C(/O)OCc2ccc(CN3CCOCC3)cc2F)/C(=C(/O)C(=C)O)C1=O. The van der Waals surface area contributed by atoms with Crippen molar-refractivity contribution in [2.24, 2.45) is 0 Å². The summed E-state index contributed by atoms with van der Waals surface area (Å²) in [5.74, 6) is -10.0. The predicted octanol–water partition coefficient (Wildman–Crippen LogP) is -2.01. The molecule has 228 valence electrons. The molecule has 42 heavy (non-hydrogen) atoms. The molecule has 2 fully saturated rings. The lowest BCUT2D eigenvalue weighted by atomic mass is 9.72. The Morgan fingerprint density at radius 1 is 1.26 bits per heavy atom. The van der Waals surface area contributed by atoms with Crippen molar-refractivity contribution in [1.29, 1.82) is 0 Å². The lowest BCUT2D eigenvalue weighted by Crippen LogP contribution is -2.71. The highest BCUT2D eigenvalue weighted by atomic mass is 19.1. The van der Waals surface area contributed by atoms with E-state index in [0.717, 1.165) is 7.05 Å². The zero-order valence-corrected chi connectivity index (χ0v) is 23.0. The molecule has 16 heteroatoms. The van der Waals surface area contributed by atoms with E-state index in [1.807, 2.05) is 0 Å². The number of carbonyl (C=O) groups is 3. The van der Waals surface area contributed by atoms with Crippen LogP contribution in [0.15, 0.2) is 53.4 Å². The van der Waals surface area contributed by atoms with Gasteiger partial charge in [0.1, 0.15) is 24.2 Å². The van der Waals surface area contributed by atoms with Crippen molar-refractivity contribution >= 4 is 25.9 Å². The van der Waals surface area contributed by atoms with Crippen LogP contribution in [0, 0.1) is 5.82 Å². The third-order valence-corrected chi connectivity index (χ3v) is 7.03. The number of nitrogens with zero attached hydrogens (tertiary/aromatic N) is 2. The molecule has 3 rings (SSSR count). The molecule has 2 unspecified atom stereocenters. The maximum Gasteiger partial charge on any atom is 0.283 e. The predicted molar refractivity (Wildman–Crippen MR) is 145 cm³/mol. The number of amides is 2. The number of nitrogens with one attached hydrogen (secondary N) is 1. The van der Waals surface area contributed by atoms with E-state index in [1.54, 1.807) is 6.07 Å². The van der Waals surface area contributed by atoms with Crippen molar-refractivity contribution in [2.45, 2.75) is 30.5 Å². The zero-order valence-electron chi connectivity index (χ0n) is 23.0. The summed E-state index contributed by atoms with van der Waals surface area (Å²) in [5, 5.41) is 64.6. The van der Waals surface area contributed by atoms with Crippen molar-refractivity contribution < 1.29 is 58.9 Å². The van der Waals surface area contributed by atoms with Crippen LogP contribution in [0.1, 0.15) is 11.1 Å². The Balaban J connectivity index is 1.93. The second kappa shape index (κ2) is 12.9. The largest absolute Gasteiger partial charge is 0.505 e. The van der Waals surface area contributed by atoms with Gasteiger partial charge in [0.2, 0.25) is 11.7 Å². The summed E-state index contributed by atoms with van der Waals surface area (Å²) < 4.78 is 25.4. The Kier molecular flexibility index (Phi) is 10.0. The summed E-state index contributed by atoms with van der Waals surface area (Å²) in [7, 11) is 1.75. The van der Waals surface area contributed by atoms with Crippen molar-refractivity contribution in [3.63, 3.8) is 0 Å². The second-order valence-corrected chi connectivity index (χ2v) is 10.00. The first-order chi connectivity index (χ1) is 19.7. The van der Waals surface area contributed by atoms with E-state index < -0.39 is 76.7 Å². The van der Waals surface area contributed by atoms with Crippen molar-refractivity contribution in [3.05, 3.63) is 70.3 Å². The number of benzene rings is 1. The van der Waals surface area contributed by atoms with Crippen molar-refractivity contribution in [1.82, 2.24) is 15.1 Å². The van der Waals surface area contributed by atoms with Crippen molar-refractivity contribution in [3.8, 4) is 0 Å². The van der Waals surface area contributed by atoms with Gasteiger partial charge in [0.25, 0.3) is 11.9 Å². The maximum absolute atomic E-state index is 14.8. The minimum atomic E-state index is -3.58. The van der Waals surface area contributed by atoms with Gasteiger partial charge in [-0.3, -0.25) is 14.5 Å². The highest BCUT2D eigenvalue weighted by Gasteiger charge is 2.58. The Morgan fingerprint density at radius 2 is 1.90 bits per heavy atom. The number of rotatable bonds is 11. The first-order valence-corrected chi connectivity index (χ1v) is 12.8. The molecular formula is C26H33BFN3O11. The average molecular weight is 593 g/mol. The van der Waals surface area contributed by atoms with Crippen LogP contribution in [0.2, 0.25) is 0 Å². The normalized spacial score (nSPS) is 20.9. The van der Waals surface area contributed by atoms with E-state index >= 15 is 0 Å². The molecule has 2 atom stereocenters. The van der Waals surface area contributed by atoms with Crippen LogP contribution in [0.3, 0.4) is 0 Å². The fraction of sp³-hybridized carbons (Fsp3) is 0.423. The number of likely N-dealkylation sites (tertiary alicyclic amines) is 1. The van der Waals surface area contributed by atoms with Crippen LogP contribution >= 0.6 is 0 Å². The smallest absolute Gasteiger partial charge is 0.283 e. The molecule has 2 aliphatic heterocycles. The molecule has 1 aromatic rings. The van der Waals surface area contributed by atoms with E-state index in [2.05, 4.69) is 16.8 Å². The molecule has 2 amide bonds. The number of aldehydes is 1. The Morgan fingerprint density at radius 3 is 2.45 bits per heavy atom. The van der Waals surface area contributed by atoms with Crippen LogP contribution in [0.5, 0.6) is 0 Å². The first-order valence-electron chi connectivity index (χ1n) is 12.8. The third-order valence-electron chi connectivity index (χ3n) is 7.03. The Labute approximate surface area is 241 Å². The first kappa shape index (κ1) is 32.6. The lowest BCUT2D eigenvalue weighted by molar-refractivity contribution is -0.257. The van der Waals surface area contributed by atoms with E-state index in [9.17, 15) is 49.4 Å². The number of likely N-dealkylation sites (N-methyl/N-ethyl adjacent to an activating group) is 1. The van der Waals surface area contributed by atoms with E-state index in [4.69, 9.17) is 9.47 Å². The zero-order chi connectivity index (χ0) is 31.4. The van der Waals surface area contributed by atoms with Gasteiger partial charge in [0, 0.05) is 32.2 Å². The van der Waals surface area contributed by atoms with E-state index in [0.29, 0.717) is 51.2 Å². The van der Waals surface area contributed by atoms with Crippen LogP contribution in [-0.4, -0.2) is 124 Å². The molecule has 7 N–H and O–H groups in total. The average Bonchev–Trinajstić information content (AvgIpc) is 3.28. The van der Waals surface area contributed by atoms with Gasteiger partial charge in [-0.05, 0) is 11.6 Å². The number of hydrogen-bond donors (Lipinski definition) is 7. The monoisotopic (exact) mass is 593 g/mol. The van der Waals surface area contributed by atoms with Crippen LogP contribution < -0.4 is 5.32 Å². The van der Waals surface area contributed by atoms with Crippen LogP contribution in [0.4, 0.5) is 4.39 Å². The minimum Gasteiger partial charge on any atom is -0.505 e. The number of aliphatic hydroxyl groups is 6. The minimum absolute atomic E-state index is 0.0189. The number of ether oxygens (including phenoxy) is 2. The summed E-state index contributed by atoms with van der Waals surface area (Å²) in [5.41, 5.74) is -3.65. The van der Waals surface area contributed by atoms with E-state index in [1.165, 1.54) is 12.1 Å². The number of halogens is 1. The molecule has 0 bridgehead atoms. The summed E-state index contributed by atoms with van der Waals surface area (Å²) in [6.45, 7) is 4.76. The summed E-state index contributed by atoms with van der Waals surface area (Å²) in [6, 6.07) is 2.03. The summed E-state index contributed by atoms with van der Waals surface area (Å²) in [4.78, 5) is 39.9. The van der Waals surface area contributed by atoms with Gasteiger partial charge >= 0.3 is 0 Å². The van der Waals surface area contributed by atoms with Gasteiger partial charge in [-0.25, -0.2) is 4.39 Å². The van der Waals surface area contributed by atoms with Crippen LogP contribution in [-0.2, 0) is 37.0 Å². The fourth-order valence-corrected chi connectivity index (χ4v) is 4.46. The summed E-state index contributed by atoms with van der Waals surface area (Å²) >= 11 is 0. The molecule has 0 spiro atoms. The van der Waals surface area contributed by atoms with Gasteiger partial charge in [-0.15, -0.1) is 0 Å². The molecular weight excluding hydrogens is 560 g/mol. The fourth-order valence-electron chi connectivity index (χ4n) is 4.46. The summed E-state index contributed by atoms with van der Waals surface area (Å²) in [6.07, 6.45) is -0.259. The molecule has 2 heterocycles. The molecule has 14 nitrogen and oxygen atoms in total. The molecule has 1 aromatic carbocycles.